The van der Waals surface area contributed by atoms with Gasteiger partial charge < -0.3 is 24.8 Å². The molecule has 164 valence electrons. The predicted molar refractivity (Wildman–Crippen MR) is 127 cm³/mol. The number of nitrogens with one attached hydrogen (secondary N) is 2. The Balaban J connectivity index is 1.78. The molecule has 1 aromatic heterocycles. The molecular formula is C23H34N4O2S. The van der Waals surface area contributed by atoms with Crippen molar-refractivity contribution in [2.75, 3.05) is 40.3 Å². The highest BCUT2D eigenvalue weighted by Gasteiger charge is 2.22. The fraction of sp³-hybridized carbons (Fsp3) is 0.565. The summed E-state index contributed by atoms with van der Waals surface area (Å²) in [6.45, 7) is 7.89. The van der Waals surface area contributed by atoms with Gasteiger partial charge in [-0.25, -0.2) is 0 Å². The molecule has 30 heavy (non-hydrogen) atoms. The van der Waals surface area contributed by atoms with Gasteiger partial charge in [0, 0.05) is 25.3 Å². The Morgan fingerprint density at radius 1 is 1.30 bits per heavy atom. The molecule has 3 rings (SSSR count). The Kier molecular flexibility index (Phi) is 7.86. The molecule has 1 aliphatic rings. The van der Waals surface area contributed by atoms with Gasteiger partial charge in [0.05, 0.1) is 18.2 Å². The molecule has 2 heterocycles. The van der Waals surface area contributed by atoms with Crippen LogP contribution in [0.5, 0.6) is 0 Å². The molecule has 7 heteroatoms. The van der Waals surface area contributed by atoms with Gasteiger partial charge in [-0.1, -0.05) is 11.6 Å². The lowest BCUT2D eigenvalue weighted by Gasteiger charge is -2.28. The lowest BCUT2D eigenvalue weighted by molar-refractivity contribution is 0.0897. The second-order valence-electron chi connectivity index (χ2n) is 8.57. The predicted octanol–water partition coefficient (Wildman–Crippen LogP) is 2.95. The van der Waals surface area contributed by atoms with E-state index in [4.69, 9.17) is 17.0 Å². The van der Waals surface area contributed by atoms with Crippen LogP contribution >= 0.6 is 12.2 Å². The second-order valence-corrected chi connectivity index (χ2v) is 8.96. The number of hydrogen-bond acceptors (Lipinski definition) is 4. The molecule has 1 aliphatic heterocycles. The van der Waals surface area contributed by atoms with Gasteiger partial charge in [0.1, 0.15) is 0 Å². The minimum Gasteiger partial charge on any atom is -0.376 e. The maximum Gasteiger partial charge on any atom is 0.253 e. The second kappa shape index (κ2) is 10.4. The number of fused-ring (bicyclic) bond motifs is 1. The molecular weight excluding hydrogens is 396 g/mol. The van der Waals surface area contributed by atoms with E-state index >= 15 is 0 Å². The fourth-order valence-electron chi connectivity index (χ4n) is 4.01. The van der Waals surface area contributed by atoms with Crippen molar-refractivity contribution in [1.29, 1.82) is 0 Å². The molecule has 2 N–H and O–H groups in total. The van der Waals surface area contributed by atoms with Crippen molar-refractivity contribution in [3.8, 4) is 0 Å². The zero-order chi connectivity index (χ0) is 21.7. The standard InChI is InChI=1S/C23H34N4O2S/c1-16-11-17(2)21-18(12-16)13-19(22(28)25-21)14-27(15-20-7-5-10-29-20)23(30)24-8-6-9-26(3)4/h11-13,20H,5-10,14-15H2,1-4H3,(H,24,30)(H,25,28). The van der Waals surface area contributed by atoms with Crippen LogP contribution in [0.25, 0.3) is 10.9 Å². The summed E-state index contributed by atoms with van der Waals surface area (Å²) >= 11 is 5.70. The minimum absolute atomic E-state index is 0.0535. The topological polar surface area (TPSA) is 60.6 Å². The van der Waals surface area contributed by atoms with Crippen molar-refractivity contribution in [2.24, 2.45) is 0 Å². The average Bonchev–Trinajstić information content (AvgIpc) is 3.18. The van der Waals surface area contributed by atoms with Crippen LogP contribution in [0.3, 0.4) is 0 Å². The quantitative estimate of drug-likeness (QED) is 0.496. The van der Waals surface area contributed by atoms with E-state index < -0.39 is 0 Å². The Morgan fingerprint density at radius 2 is 2.10 bits per heavy atom. The molecule has 1 atom stereocenters. The molecule has 0 bridgehead atoms. The van der Waals surface area contributed by atoms with Crippen molar-refractivity contribution >= 4 is 28.2 Å². The third kappa shape index (κ3) is 6.03. The number of H-pyrrole nitrogens is 1. The third-order valence-electron chi connectivity index (χ3n) is 5.53. The van der Waals surface area contributed by atoms with Crippen LogP contribution in [0.2, 0.25) is 0 Å². The fourth-order valence-corrected chi connectivity index (χ4v) is 4.25. The maximum atomic E-state index is 12.8. The van der Waals surface area contributed by atoms with Crippen LogP contribution < -0.4 is 10.9 Å². The number of ether oxygens (including phenoxy) is 1. The Hall–Kier alpha value is -1.96. The van der Waals surface area contributed by atoms with E-state index in [1.807, 2.05) is 13.0 Å². The van der Waals surface area contributed by atoms with Gasteiger partial charge in [-0.05, 0) is 89.1 Å². The Morgan fingerprint density at radius 3 is 2.80 bits per heavy atom. The SMILES string of the molecule is Cc1cc(C)c2[nH]c(=O)c(CN(CC3CCCO3)C(=S)NCCCN(C)C)cc2c1. The van der Waals surface area contributed by atoms with E-state index in [1.54, 1.807) is 0 Å². The number of aromatic amines is 1. The van der Waals surface area contributed by atoms with Gasteiger partial charge in [0.15, 0.2) is 5.11 Å². The maximum absolute atomic E-state index is 12.8. The highest BCUT2D eigenvalue weighted by Crippen LogP contribution is 2.19. The summed E-state index contributed by atoms with van der Waals surface area (Å²) in [4.78, 5) is 20.1. The number of aromatic nitrogens is 1. The Labute approximate surface area is 184 Å². The first-order chi connectivity index (χ1) is 14.3. The number of thiocarbonyl (C=S) groups is 1. The van der Waals surface area contributed by atoms with Gasteiger partial charge in [0.25, 0.3) is 5.56 Å². The number of hydrogen-bond donors (Lipinski definition) is 2. The Bertz CT molecular complexity index is 935. The molecule has 2 aromatic rings. The summed E-state index contributed by atoms with van der Waals surface area (Å²) in [5, 5.41) is 5.11. The number of aryl methyl sites for hydroxylation is 2. The number of pyridine rings is 1. The first-order valence-corrected chi connectivity index (χ1v) is 11.2. The average molecular weight is 431 g/mol. The van der Waals surface area contributed by atoms with Crippen molar-refractivity contribution in [1.82, 2.24) is 20.1 Å². The molecule has 0 aliphatic carbocycles. The van der Waals surface area contributed by atoms with Gasteiger partial charge in [-0.15, -0.1) is 0 Å². The van der Waals surface area contributed by atoms with Gasteiger partial charge in [-0.3, -0.25) is 4.79 Å². The highest BCUT2D eigenvalue weighted by molar-refractivity contribution is 7.80. The normalized spacial score (nSPS) is 16.4. The summed E-state index contributed by atoms with van der Waals surface area (Å²) in [5.41, 5.74) is 3.85. The first kappa shape index (κ1) is 22.7. The number of nitrogens with zero attached hydrogens (tertiary/aromatic N) is 2. The highest BCUT2D eigenvalue weighted by atomic mass is 32.1. The summed E-state index contributed by atoms with van der Waals surface area (Å²) in [6.07, 6.45) is 3.29. The van der Waals surface area contributed by atoms with Crippen molar-refractivity contribution < 1.29 is 4.74 Å². The van der Waals surface area contributed by atoms with Crippen molar-refractivity contribution in [3.63, 3.8) is 0 Å². The van der Waals surface area contributed by atoms with Crippen molar-refractivity contribution in [2.45, 2.75) is 45.8 Å². The molecule has 1 unspecified atom stereocenters. The van der Waals surface area contributed by atoms with E-state index in [0.29, 0.717) is 18.2 Å². The molecule has 0 radical (unpaired) electrons. The number of rotatable bonds is 8. The van der Waals surface area contributed by atoms with Crippen LogP contribution in [0.1, 0.15) is 36.0 Å². The summed E-state index contributed by atoms with van der Waals surface area (Å²) in [6, 6.07) is 6.21. The molecule has 0 spiro atoms. The third-order valence-corrected chi connectivity index (χ3v) is 5.93. The summed E-state index contributed by atoms with van der Waals surface area (Å²) in [7, 11) is 4.13. The summed E-state index contributed by atoms with van der Waals surface area (Å²) < 4.78 is 5.84. The molecule has 0 saturated carbocycles. The zero-order valence-corrected chi connectivity index (χ0v) is 19.4. The first-order valence-electron chi connectivity index (χ1n) is 10.8. The van der Waals surface area contributed by atoms with Crippen LogP contribution in [-0.2, 0) is 11.3 Å². The van der Waals surface area contributed by atoms with Crippen LogP contribution in [0.15, 0.2) is 23.0 Å². The molecule has 1 aromatic carbocycles. The monoisotopic (exact) mass is 430 g/mol. The summed E-state index contributed by atoms with van der Waals surface area (Å²) in [5.74, 6) is 0. The van der Waals surface area contributed by atoms with Crippen LogP contribution in [-0.4, -0.2) is 66.3 Å². The zero-order valence-electron chi connectivity index (χ0n) is 18.6. The van der Waals surface area contributed by atoms with E-state index in [9.17, 15) is 4.79 Å². The van der Waals surface area contributed by atoms with Gasteiger partial charge >= 0.3 is 0 Å². The smallest absolute Gasteiger partial charge is 0.253 e. The van der Waals surface area contributed by atoms with Gasteiger partial charge in [-0.2, -0.15) is 0 Å². The lowest BCUT2D eigenvalue weighted by Crippen LogP contribution is -2.44. The number of benzene rings is 1. The van der Waals surface area contributed by atoms with E-state index in [-0.39, 0.29) is 11.7 Å². The van der Waals surface area contributed by atoms with Crippen LogP contribution in [0, 0.1) is 13.8 Å². The van der Waals surface area contributed by atoms with Crippen molar-refractivity contribution in [3.05, 3.63) is 45.2 Å². The van der Waals surface area contributed by atoms with E-state index in [2.05, 4.69) is 53.3 Å². The molecule has 1 fully saturated rings. The van der Waals surface area contributed by atoms with Gasteiger partial charge in [0.2, 0.25) is 0 Å². The van der Waals surface area contributed by atoms with E-state index in [0.717, 1.165) is 61.0 Å². The van der Waals surface area contributed by atoms with E-state index in [1.165, 1.54) is 5.56 Å². The van der Waals surface area contributed by atoms with Crippen LogP contribution in [0.4, 0.5) is 0 Å². The lowest BCUT2D eigenvalue weighted by atomic mass is 10.1. The molecule has 1 saturated heterocycles. The minimum atomic E-state index is -0.0535. The molecule has 6 nitrogen and oxygen atoms in total. The molecule has 0 amide bonds. The largest absolute Gasteiger partial charge is 0.376 e.